The van der Waals surface area contributed by atoms with Gasteiger partial charge in [-0.05, 0) is 44.8 Å². The molecule has 2 atom stereocenters. The summed E-state index contributed by atoms with van der Waals surface area (Å²) in [6.45, 7) is 4.56. The molecule has 110 valence electrons. The van der Waals surface area contributed by atoms with E-state index in [1.165, 1.54) is 37.3 Å². The van der Waals surface area contributed by atoms with Crippen molar-refractivity contribution in [1.82, 2.24) is 20.2 Å². The fourth-order valence-corrected chi connectivity index (χ4v) is 4.34. The topological polar surface area (TPSA) is 58.1 Å². The molecule has 0 spiro atoms. The molecule has 21 heavy (non-hydrogen) atoms. The van der Waals surface area contributed by atoms with Crippen molar-refractivity contribution in [2.45, 2.75) is 31.8 Å². The number of fused-ring (bicyclic) bond motifs is 4. The fourth-order valence-electron chi connectivity index (χ4n) is 3.66. The van der Waals surface area contributed by atoms with E-state index in [9.17, 15) is 4.79 Å². The van der Waals surface area contributed by atoms with E-state index in [1.807, 2.05) is 6.07 Å². The molecule has 3 fully saturated rings. The molecule has 2 aromatic heterocycles. The second-order valence-corrected chi connectivity index (χ2v) is 6.89. The molecule has 3 aliphatic heterocycles. The Bertz CT molecular complexity index is 675. The molecule has 0 aromatic carbocycles. The van der Waals surface area contributed by atoms with Gasteiger partial charge >= 0.3 is 0 Å². The number of amides is 1. The second kappa shape index (κ2) is 5.03. The molecular formula is C15H18N4OS. The van der Waals surface area contributed by atoms with Crippen LogP contribution in [-0.2, 0) is 0 Å². The van der Waals surface area contributed by atoms with Gasteiger partial charge in [0.05, 0.1) is 21.9 Å². The maximum Gasteiger partial charge on any atom is 0.270 e. The van der Waals surface area contributed by atoms with Crippen LogP contribution in [0, 0.1) is 5.92 Å². The molecule has 2 aromatic rings. The number of nitrogens with one attached hydrogen (secondary N) is 1. The molecule has 1 amide bonds. The van der Waals surface area contributed by atoms with E-state index in [-0.39, 0.29) is 11.9 Å². The second-order valence-electron chi connectivity index (χ2n) is 6.00. The van der Waals surface area contributed by atoms with Crippen molar-refractivity contribution in [3.05, 3.63) is 23.5 Å². The zero-order valence-corrected chi connectivity index (χ0v) is 12.8. The first-order valence-electron chi connectivity index (χ1n) is 7.46. The summed E-state index contributed by atoms with van der Waals surface area (Å²) in [7, 11) is 0. The summed E-state index contributed by atoms with van der Waals surface area (Å²) in [6, 6.07) is 2.52. The Labute approximate surface area is 127 Å². The van der Waals surface area contributed by atoms with Crippen LogP contribution in [-0.4, -0.2) is 45.9 Å². The average Bonchev–Trinajstić information content (AvgIpc) is 2.98. The Balaban J connectivity index is 1.54. The van der Waals surface area contributed by atoms with Crippen molar-refractivity contribution in [3.8, 4) is 0 Å². The SMILES string of the molecule is C[C@H]1[C@H](NC(=O)c2cc3scnc3cn2)C2CCN1CC2. The van der Waals surface area contributed by atoms with E-state index in [1.54, 1.807) is 11.7 Å². The van der Waals surface area contributed by atoms with Crippen LogP contribution < -0.4 is 5.32 Å². The highest BCUT2D eigenvalue weighted by atomic mass is 32.1. The van der Waals surface area contributed by atoms with E-state index in [4.69, 9.17) is 0 Å². The molecule has 0 radical (unpaired) electrons. The Morgan fingerprint density at radius 1 is 1.38 bits per heavy atom. The summed E-state index contributed by atoms with van der Waals surface area (Å²) in [5.74, 6) is 0.553. The van der Waals surface area contributed by atoms with Gasteiger partial charge in [-0.1, -0.05) is 0 Å². The first-order chi connectivity index (χ1) is 10.2. The van der Waals surface area contributed by atoms with Crippen molar-refractivity contribution in [2.24, 2.45) is 5.92 Å². The Kier molecular flexibility index (Phi) is 3.15. The predicted molar refractivity (Wildman–Crippen MR) is 82.4 cm³/mol. The lowest BCUT2D eigenvalue weighted by molar-refractivity contribution is 0.0216. The maximum absolute atomic E-state index is 12.5. The van der Waals surface area contributed by atoms with Gasteiger partial charge in [0.2, 0.25) is 0 Å². The molecule has 6 heteroatoms. The van der Waals surface area contributed by atoms with Gasteiger partial charge in [-0.25, -0.2) is 9.97 Å². The Hall–Kier alpha value is -1.53. The quantitative estimate of drug-likeness (QED) is 0.920. The van der Waals surface area contributed by atoms with E-state index < -0.39 is 0 Å². The highest BCUT2D eigenvalue weighted by Gasteiger charge is 2.40. The molecule has 5 rings (SSSR count). The van der Waals surface area contributed by atoms with Crippen LogP contribution in [0.1, 0.15) is 30.3 Å². The van der Waals surface area contributed by atoms with Crippen molar-refractivity contribution in [2.75, 3.05) is 13.1 Å². The maximum atomic E-state index is 12.5. The third kappa shape index (κ3) is 2.22. The van der Waals surface area contributed by atoms with Crippen molar-refractivity contribution >= 4 is 27.5 Å². The highest BCUT2D eigenvalue weighted by molar-refractivity contribution is 7.16. The highest BCUT2D eigenvalue weighted by Crippen LogP contribution is 2.32. The number of thiazole rings is 1. The number of piperidine rings is 3. The van der Waals surface area contributed by atoms with Crippen LogP contribution in [0.2, 0.25) is 0 Å². The van der Waals surface area contributed by atoms with E-state index in [0.717, 1.165) is 10.2 Å². The third-order valence-electron chi connectivity index (χ3n) is 4.93. The standard InChI is InChI=1S/C15H18N4OS/c1-9-14(10-2-4-19(9)5-3-10)18-15(20)11-6-13-12(7-16-11)17-8-21-13/h6-10,14H,2-5H2,1H3,(H,18,20)/t9-,14-/m0/s1. The molecule has 2 bridgehead atoms. The Morgan fingerprint density at radius 3 is 2.95 bits per heavy atom. The molecule has 5 heterocycles. The zero-order valence-electron chi connectivity index (χ0n) is 12.0. The van der Waals surface area contributed by atoms with E-state index >= 15 is 0 Å². The normalized spacial score (nSPS) is 31.5. The number of nitrogens with zero attached hydrogens (tertiary/aromatic N) is 3. The summed E-state index contributed by atoms with van der Waals surface area (Å²) in [4.78, 5) is 23.4. The van der Waals surface area contributed by atoms with E-state index in [0.29, 0.717) is 17.7 Å². The minimum absolute atomic E-state index is 0.0594. The zero-order chi connectivity index (χ0) is 14.4. The summed E-state index contributed by atoms with van der Waals surface area (Å²) in [5, 5.41) is 3.21. The van der Waals surface area contributed by atoms with Crippen molar-refractivity contribution in [3.63, 3.8) is 0 Å². The van der Waals surface area contributed by atoms with Crippen molar-refractivity contribution < 1.29 is 4.79 Å². The number of carbonyl (C=O) groups is 1. The number of carbonyl (C=O) groups excluding carboxylic acids is 1. The summed E-state index contributed by atoms with van der Waals surface area (Å²) < 4.78 is 1.01. The largest absolute Gasteiger partial charge is 0.346 e. The first-order valence-corrected chi connectivity index (χ1v) is 8.34. The smallest absolute Gasteiger partial charge is 0.270 e. The lowest BCUT2D eigenvalue weighted by Crippen LogP contribution is -2.62. The minimum atomic E-state index is -0.0594. The van der Waals surface area contributed by atoms with Gasteiger partial charge in [-0.15, -0.1) is 11.3 Å². The van der Waals surface area contributed by atoms with E-state index in [2.05, 4.69) is 27.1 Å². The molecule has 3 saturated heterocycles. The van der Waals surface area contributed by atoms with Gasteiger partial charge in [-0.3, -0.25) is 9.69 Å². The van der Waals surface area contributed by atoms with Crippen LogP contribution in [0.15, 0.2) is 17.8 Å². The molecule has 0 aliphatic carbocycles. The van der Waals surface area contributed by atoms with Crippen molar-refractivity contribution in [1.29, 1.82) is 0 Å². The van der Waals surface area contributed by atoms with Crippen LogP contribution in [0.3, 0.4) is 0 Å². The number of hydrogen-bond acceptors (Lipinski definition) is 5. The number of hydrogen-bond donors (Lipinski definition) is 1. The predicted octanol–water partition coefficient (Wildman–Crippen LogP) is 1.90. The van der Waals surface area contributed by atoms with Gasteiger partial charge in [0, 0.05) is 12.1 Å². The molecule has 5 nitrogen and oxygen atoms in total. The fraction of sp³-hybridized carbons (Fsp3) is 0.533. The summed E-state index contributed by atoms with van der Waals surface area (Å²) in [5.41, 5.74) is 3.13. The Morgan fingerprint density at radius 2 is 2.19 bits per heavy atom. The number of rotatable bonds is 2. The van der Waals surface area contributed by atoms with Gasteiger partial charge in [-0.2, -0.15) is 0 Å². The summed E-state index contributed by atoms with van der Waals surface area (Å²) >= 11 is 1.54. The van der Waals surface area contributed by atoms with Crippen LogP contribution in [0.25, 0.3) is 10.2 Å². The lowest BCUT2D eigenvalue weighted by atomic mass is 9.79. The van der Waals surface area contributed by atoms with Gasteiger partial charge in [0.1, 0.15) is 5.69 Å². The van der Waals surface area contributed by atoms with Crippen LogP contribution in [0.4, 0.5) is 0 Å². The van der Waals surface area contributed by atoms with Crippen LogP contribution in [0.5, 0.6) is 0 Å². The first kappa shape index (κ1) is 13.2. The number of pyridine rings is 1. The molecule has 3 aliphatic rings. The molecule has 1 N–H and O–H groups in total. The molecule has 0 unspecified atom stereocenters. The van der Waals surface area contributed by atoms with Crippen LogP contribution >= 0.6 is 11.3 Å². The average molecular weight is 302 g/mol. The minimum Gasteiger partial charge on any atom is -0.346 e. The monoisotopic (exact) mass is 302 g/mol. The molecular weight excluding hydrogens is 284 g/mol. The van der Waals surface area contributed by atoms with Gasteiger partial charge < -0.3 is 5.32 Å². The number of aromatic nitrogens is 2. The van der Waals surface area contributed by atoms with Gasteiger partial charge in [0.15, 0.2) is 0 Å². The lowest BCUT2D eigenvalue weighted by Gasteiger charge is -2.49. The third-order valence-corrected chi connectivity index (χ3v) is 5.72. The molecule has 0 saturated carbocycles. The summed E-state index contributed by atoms with van der Waals surface area (Å²) in [6.07, 6.45) is 4.06. The van der Waals surface area contributed by atoms with Gasteiger partial charge in [0.25, 0.3) is 5.91 Å².